The van der Waals surface area contributed by atoms with Crippen LogP contribution in [0.25, 0.3) is 0 Å². The number of carbonyl (C=O) groups is 2. The molecule has 1 aromatic rings. The van der Waals surface area contributed by atoms with Crippen molar-refractivity contribution in [2.24, 2.45) is 5.92 Å². The lowest BCUT2D eigenvalue weighted by Crippen LogP contribution is -2.43. The molecule has 0 saturated heterocycles. The smallest absolute Gasteiger partial charge is 0.310 e. The predicted molar refractivity (Wildman–Crippen MR) is 80.9 cm³/mol. The summed E-state index contributed by atoms with van der Waals surface area (Å²) in [4.78, 5) is 26.3. The molecular formula is C17H23NO3. The fourth-order valence-electron chi connectivity index (χ4n) is 2.93. The summed E-state index contributed by atoms with van der Waals surface area (Å²) in [6, 6.07) is 9.52. The van der Waals surface area contributed by atoms with Gasteiger partial charge < -0.3 is 9.64 Å². The van der Waals surface area contributed by atoms with Crippen LogP contribution in [0.2, 0.25) is 0 Å². The van der Waals surface area contributed by atoms with E-state index in [1.807, 2.05) is 42.2 Å². The first-order valence-corrected chi connectivity index (χ1v) is 7.57. The Balaban J connectivity index is 2.15. The third-order valence-electron chi connectivity index (χ3n) is 4.12. The quantitative estimate of drug-likeness (QED) is 0.783. The number of hydrogen-bond donors (Lipinski definition) is 0. The average molecular weight is 289 g/mol. The molecule has 1 atom stereocenters. The Morgan fingerprint density at radius 2 is 1.86 bits per heavy atom. The number of rotatable bonds is 5. The Labute approximate surface area is 126 Å². The Morgan fingerprint density at radius 1 is 1.24 bits per heavy atom. The van der Waals surface area contributed by atoms with E-state index in [2.05, 4.69) is 0 Å². The van der Waals surface area contributed by atoms with Gasteiger partial charge in [-0.25, -0.2) is 0 Å². The van der Waals surface area contributed by atoms with Gasteiger partial charge in [0.15, 0.2) is 0 Å². The summed E-state index contributed by atoms with van der Waals surface area (Å²) in [6.45, 7) is 2.23. The number of carbonyl (C=O) groups excluding carboxylic acids is 2. The van der Waals surface area contributed by atoms with Crippen LogP contribution in [0.5, 0.6) is 0 Å². The van der Waals surface area contributed by atoms with Gasteiger partial charge in [0.2, 0.25) is 0 Å². The van der Waals surface area contributed by atoms with E-state index in [-0.39, 0.29) is 23.8 Å². The highest BCUT2D eigenvalue weighted by Gasteiger charge is 2.30. The molecule has 4 heteroatoms. The molecule has 1 aliphatic carbocycles. The predicted octanol–water partition coefficient (Wildman–Crippen LogP) is 2.88. The molecule has 1 fully saturated rings. The molecule has 0 N–H and O–H groups in total. The number of nitrogens with zero attached hydrogens (tertiary/aromatic N) is 1. The second-order valence-electron chi connectivity index (χ2n) is 5.69. The van der Waals surface area contributed by atoms with Crippen LogP contribution in [0.3, 0.4) is 0 Å². The van der Waals surface area contributed by atoms with E-state index in [1.165, 1.54) is 7.11 Å². The minimum absolute atomic E-state index is 0.0123. The summed E-state index contributed by atoms with van der Waals surface area (Å²) in [6.07, 6.45) is 4.34. The van der Waals surface area contributed by atoms with E-state index in [0.29, 0.717) is 12.1 Å². The van der Waals surface area contributed by atoms with Gasteiger partial charge in [0.25, 0.3) is 5.91 Å². The van der Waals surface area contributed by atoms with Gasteiger partial charge >= 0.3 is 5.97 Å². The van der Waals surface area contributed by atoms with Gasteiger partial charge in [0, 0.05) is 18.2 Å². The molecule has 0 aliphatic heterocycles. The van der Waals surface area contributed by atoms with Crippen LogP contribution in [0.15, 0.2) is 30.3 Å². The van der Waals surface area contributed by atoms with E-state index >= 15 is 0 Å². The number of benzene rings is 1. The normalized spacial score (nSPS) is 16.5. The summed E-state index contributed by atoms with van der Waals surface area (Å²) < 4.78 is 4.78. The van der Waals surface area contributed by atoms with E-state index < -0.39 is 0 Å². The van der Waals surface area contributed by atoms with E-state index in [4.69, 9.17) is 4.74 Å². The van der Waals surface area contributed by atoms with Gasteiger partial charge in [-0.05, 0) is 25.0 Å². The van der Waals surface area contributed by atoms with Crippen molar-refractivity contribution in [3.63, 3.8) is 0 Å². The standard InChI is InChI=1S/C17H23NO3/c1-13(17(20)21-2)12-18(15-10-6-7-11-15)16(19)14-8-4-3-5-9-14/h3-5,8-9,13,15H,6-7,10-12H2,1-2H3. The molecule has 4 nitrogen and oxygen atoms in total. The Hall–Kier alpha value is -1.84. The number of ether oxygens (including phenoxy) is 1. The molecule has 0 radical (unpaired) electrons. The molecule has 2 rings (SSSR count). The number of methoxy groups -OCH3 is 1. The van der Waals surface area contributed by atoms with Gasteiger partial charge in [-0.3, -0.25) is 9.59 Å². The van der Waals surface area contributed by atoms with Crippen LogP contribution >= 0.6 is 0 Å². The molecule has 1 aliphatic rings. The summed E-state index contributed by atoms with van der Waals surface area (Å²) in [5, 5.41) is 0. The molecule has 1 amide bonds. The van der Waals surface area contributed by atoms with Gasteiger partial charge in [0.1, 0.15) is 0 Å². The van der Waals surface area contributed by atoms with Crippen molar-refractivity contribution in [2.75, 3.05) is 13.7 Å². The summed E-state index contributed by atoms with van der Waals surface area (Å²) in [7, 11) is 1.39. The average Bonchev–Trinajstić information content (AvgIpc) is 3.05. The summed E-state index contributed by atoms with van der Waals surface area (Å²) >= 11 is 0. The van der Waals surface area contributed by atoms with Crippen molar-refractivity contribution in [1.29, 1.82) is 0 Å². The topological polar surface area (TPSA) is 46.6 Å². The summed E-state index contributed by atoms with van der Waals surface area (Å²) in [5.74, 6) is -0.555. The monoisotopic (exact) mass is 289 g/mol. The molecular weight excluding hydrogens is 266 g/mol. The second kappa shape index (κ2) is 7.25. The Morgan fingerprint density at radius 3 is 2.43 bits per heavy atom. The number of esters is 1. The maximum atomic E-state index is 12.8. The SMILES string of the molecule is COC(=O)C(C)CN(C(=O)c1ccccc1)C1CCCC1. The van der Waals surface area contributed by atoms with Crippen LogP contribution in [0.1, 0.15) is 43.0 Å². The molecule has 21 heavy (non-hydrogen) atoms. The molecule has 0 aromatic heterocycles. The molecule has 1 unspecified atom stereocenters. The highest BCUT2D eigenvalue weighted by Crippen LogP contribution is 2.26. The third-order valence-corrected chi connectivity index (χ3v) is 4.12. The summed E-state index contributed by atoms with van der Waals surface area (Å²) in [5.41, 5.74) is 0.682. The maximum Gasteiger partial charge on any atom is 0.310 e. The van der Waals surface area contributed by atoms with Gasteiger partial charge in [0.05, 0.1) is 13.0 Å². The minimum atomic E-state index is -0.303. The molecule has 0 spiro atoms. The van der Waals surface area contributed by atoms with Crippen molar-refractivity contribution < 1.29 is 14.3 Å². The van der Waals surface area contributed by atoms with E-state index in [0.717, 1.165) is 25.7 Å². The second-order valence-corrected chi connectivity index (χ2v) is 5.69. The lowest BCUT2D eigenvalue weighted by Gasteiger charge is -2.31. The lowest BCUT2D eigenvalue weighted by molar-refractivity contribution is -0.145. The fourth-order valence-corrected chi connectivity index (χ4v) is 2.93. The van der Waals surface area contributed by atoms with E-state index in [1.54, 1.807) is 0 Å². The van der Waals surface area contributed by atoms with Crippen LogP contribution < -0.4 is 0 Å². The first-order valence-electron chi connectivity index (χ1n) is 7.57. The number of hydrogen-bond acceptors (Lipinski definition) is 3. The van der Waals surface area contributed by atoms with Crippen molar-refractivity contribution >= 4 is 11.9 Å². The minimum Gasteiger partial charge on any atom is -0.469 e. The van der Waals surface area contributed by atoms with Crippen LogP contribution in [-0.4, -0.2) is 36.5 Å². The third kappa shape index (κ3) is 3.84. The molecule has 0 heterocycles. The van der Waals surface area contributed by atoms with Crippen molar-refractivity contribution in [2.45, 2.75) is 38.6 Å². The van der Waals surface area contributed by atoms with Gasteiger partial charge in [-0.1, -0.05) is 38.0 Å². The Bertz CT molecular complexity index is 480. The zero-order chi connectivity index (χ0) is 15.2. The highest BCUT2D eigenvalue weighted by atomic mass is 16.5. The zero-order valence-electron chi connectivity index (χ0n) is 12.7. The molecule has 1 aromatic carbocycles. The van der Waals surface area contributed by atoms with Crippen molar-refractivity contribution in [1.82, 2.24) is 4.90 Å². The van der Waals surface area contributed by atoms with Crippen LogP contribution in [0, 0.1) is 5.92 Å². The van der Waals surface area contributed by atoms with Gasteiger partial charge in [-0.2, -0.15) is 0 Å². The van der Waals surface area contributed by atoms with Crippen molar-refractivity contribution in [3.8, 4) is 0 Å². The largest absolute Gasteiger partial charge is 0.469 e. The maximum absolute atomic E-state index is 12.8. The number of amides is 1. The molecule has 1 saturated carbocycles. The van der Waals surface area contributed by atoms with Gasteiger partial charge in [-0.15, -0.1) is 0 Å². The Kier molecular flexibility index (Phi) is 5.37. The molecule has 0 bridgehead atoms. The van der Waals surface area contributed by atoms with Crippen LogP contribution in [-0.2, 0) is 9.53 Å². The first kappa shape index (κ1) is 15.5. The lowest BCUT2D eigenvalue weighted by atomic mass is 10.1. The van der Waals surface area contributed by atoms with Crippen molar-refractivity contribution in [3.05, 3.63) is 35.9 Å². The fraction of sp³-hybridized carbons (Fsp3) is 0.529. The highest BCUT2D eigenvalue weighted by molar-refractivity contribution is 5.94. The van der Waals surface area contributed by atoms with E-state index in [9.17, 15) is 9.59 Å². The zero-order valence-corrected chi connectivity index (χ0v) is 12.7. The van der Waals surface area contributed by atoms with Crippen LogP contribution in [0.4, 0.5) is 0 Å². The molecule has 114 valence electrons. The first-order chi connectivity index (χ1) is 10.1.